The number of hydrogen-bond acceptors (Lipinski definition) is 0. The number of rotatable bonds is 7. The van der Waals surface area contributed by atoms with Crippen molar-refractivity contribution in [2.75, 3.05) is 0 Å². The molecule has 0 bridgehead atoms. The highest BCUT2D eigenvalue weighted by Crippen LogP contribution is 2.38. The molecule has 0 heterocycles. The summed E-state index contributed by atoms with van der Waals surface area (Å²) in [6, 6.07) is 0. The lowest BCUT2D eigenvalue weighted by Crippen LogP contribution is -2.09. The van der Waals surface area contributed by atoms with Crippen molar-refractivity contribution in [1.82, 2.24) is 0 Å². The van der Waals surface area contributed by atoms with Crippen LogP contribution < -0.4 is 0 Å². The topological polar surface area (TPSA) is 0 Å². The molecule has 0 aliphatic heterocycles. The van der Waals surface area contributed by atoms with E-state index in [2.05, 4.69) is 20.8 Å². The lowest BCUT2D eigenvalue weighted by Gasteiger charge is -2.20. The summed E-state index contributed by atoms with van der Waals surface area (Å²) in [5.74, 6) is 3.06. The summed E-state index contributed by atoms with van der Waals surface area (Å²) in [4.78, 5) is 0. The lowest BCUT2D eigenvalue weighted by atomic mass is 9.86. The van der Waals surface area contributed by atoms with E-state index in [9.17, 15) is 0 Å². The smallest absolute Gasteiger partial charge is 0.0388 e. The molecule has 0 amide bonds. The van der Waals surface area contributed by atoms with Crippen LogP contribution in [0.5, 0.6) is 0 Å². The Balaban J connectivity index is 2.12. The van der Waals surface area contributed by atoms with E-state index in [0.717, 1.165) is 17.8 Å². The van der Waals surface area contributed by atoms with Crippen LogP contribution in [0.1, 0.15) is 65.7 Å². The Morgan fingerprint density at radius 3 is 2.31 bits per heavy atom. The van der Waals surface area contributed by atoms with E-state index in [1.807, 2.05) is 0 Å². The Labute approximate surface area is 84.1 Å². The summed E-state index contributed by atoms with van der Waals surface area (Å²) in [6.07, 6.45) is 10.3. The molecule has 1 aliphatic rings. The zero-order chi connectivity index (χ0) is 9.68. The van der Waals surface area contributed by atoms with Gasteiger partial charge in [0.05, 0.1) is 0 Å². The third-order valence-corrected chi connectivity index (χ3v) is 3.45. The fourth-order valence-electron chi connectivity index (χ4n) is 2.16. The van der Waals surface area contributed by atoms with Gasteiger partial charge in [-0.3, -0.25) is 0 Å². The number of unbranched alkanes of at least 4 members (excludes halogenated alkanes) is 2. The van der Waals surface area contributed by atoms with Crippen molar-refractivity contribution in [2.24, 2.45) is 17.8 Å². The molecule has 1 aliphatic carbocycles. The highest BCUT2D eigenvalue weighted by molar-refractivity contribution is 4.78. The van der Waals surface area contributed by atoms with E-state index in [-0.39, 0.29) is 0 Å². The predicted molar refractivity (Wildman–Crippen MR) is 59.8 cm³/mol. The van der Waals surface area contributed by atoms with Crippen LogP contribution in [-0.2, 0) is 0 Å². The Kier molecular flexibility index (Phi) is 4.83. The normalized spacial score (nSPS) is 19.4. The fourth-order valence-corrected chi connectivity index (χ4v) is 2.16. The summed E-state index contributed by atoms with van der Waals surface area (Å²) < 4.78 is 0. The second-order valence-corrected chi connectivity index (χ2v) is 5.18. The van der Waals surface area contributed by atoms with Gasteiger partial charge in [-0.15, -0.1) is 0 Å². The molecule has 1 saturated carbocycles. The zero-order valence-corrected chi connectivity index (χ0v) is 9.68. The highest BCUT2D eigenvalue weighted by atomic mass is 14.3. The van der Waals surface area contributed by atoms with Crippen LogP contribution in [0, 0.1) is 17.8 Å². The van der Waals surface area contributed by atoms with Crippen molar-refractivity contribution in [3.63, 3.8) is 0 Å². The van der Waals surface area contributed by atoms with E-state index in [4.69, 9.17) is 0 Å². The van der Waals surface area contributed by atoms with E-state index in [0.29, 0.717) is 0 Å². The first-order valence-corrected chi connectivity index (χ1v) is 6.24. The van der Waals surface area contributed by atoms with Gasteiger partial charge >= 0.3 is 0 Å². The molecular weight excluding hydrogens is 156 g/mol. The molecule has 0 aromatic heterocycles. The van der Waals surface area contributed by atoms with Crippen molar-refractivity contribution >= 4 is 0 Å². The van der Waals surface area contributed by atoms with Gasteiger partial charge in [0.2, 0.25) is 0 Å². The molecule has 0 saturated heterocycles. The molecule has 0 spiro atoms. The summed E-state index contributed by atoms with van der Waals surface area (Å²) in [5, 5.41) is 0. The molecule has 0 N–H and O–H groups in total. The van der Waals surface area contributed by atoms with Crippen molar-refractivity contribution in [3.8, 4) is 0 Å². The second kappa shape index (κ2) is 5.67. The van der Waals surface area contributed by atoms with Crippen LogP contribution in [-0.4, -0.2) is 0 Å². The molecule has 78 valence electrons. The highest BCUT2D eigenvalue weighted by Gasteiger charge is 2.26. The van der Waals surface area contributed by atoms with E-state index in [1.54, 1.807) is 0 Å². The van der Waals surface area contributed by atoms with Gasteiger partial charge in [-0.25, -0.2) is 0 Å². The average molecular weight is 182 g/mol. The van der Waals surface area contributed by atoms with Gasteiger partial charge in [0.15, 0.2) is 0 Å². The first-order valence-electron chi connectivity index (χ1n) is 6.24. The predicted octanol–water partition coefficient (Wildman–Crippen LogP) is 4.64. The lowest BCUT2D eigenvalue weighted by molar-refractivity contribution is 0.311. The minimum Gasteiger partial charge on any atom is -0.0654 e. The van der Waals surface area contributed by atoms with Gasteiger partial charge < -0.3 is 0 Å². The van der Waals surface area contributed by atoms with Gasteiger partial charge in [-0.1, -0.05) is 59.3 Å². The van der Waals surface area contributed by atoms with Crippen LogP contribution >= 0.6 is 0 Å². The van der Waals surface area contributed by atoms with Crippen LogP contribution in [0.15, 0.2) is 0 Å². The minimum absolute atomic E-state index is 0.914. The monoisotopic (exact) mass is 182 g/mol. The standard InChI is InChI=1S/C13H26/c1-4-5-6-7-13(11(2)3)10-12-8-9-12/h11-13H,4-10H2,1-3H3. The molecule has 0 aromatic carbocycles. The van der Waals surface area contributed by atoms with Gasteiger partial charge in [0.25, 0.3) is 0 Å². The minimum atomic E-state index is 0.914. The maximum Gasteiger partial charge on any atom is -0.0388 e. The van der Waals surface area contributed by atoms with Gasteiger partial charge in [-0.2, -0.15) is 0 Å². The quantitative estimate of drug-likeness (QED) is 0.503. The molecule has 0 nitrogen and oxygen atoms in total. The van der Waals surface area contributed by atoms with Crippen molar-refractivity contribution < 1.29 is 0 Å². The molecular formula is C13H26. The third-order valence-electron chi connectivity index (χ3n) is 3.45. The maximum atomic E-state index is 2.40. The average Bonchev–Trinajstić information content (AvgIpc) is 2.86. The summed E-state index contributed by atoms with van der Waals surface area (Å²) in [5.41, 5.74) is 0. The summed E-state index contributed by atoms with van der Waals surface area (Å²) in [7, 11) is 0. The molecule has 1 fully saturated rings. The first-order chi connectivity index (χ1) is 6.24. The molecule has 1 atom stereocenters. The second-order valence-electron chi connectivity index (χ2n) is 5.18. The Morgan fingerprint density at radius 2 is 1.85 bits per heavy atom. The van der Waals surface area contributed by atoms with Crippen molar-refractivity contribution in [2.45, 2.75) is 65.7 Å². The summed E-state index contributed by atoms with van der Waals surface area (Å²) in [6.45, 7) is 7.10. The van der Waals surface area contributed by atoms with Gasteiger partial charge in [-0.05, 0) is 24.2 Å². The van der Waals surface area contributed by atoms with Crippen LogP contribution in [0.2, 0.25) is 0 Å². The van der Waals surface area contributed by atoms with Gasteiger partial charge in [0, 0.05) is 0 Å². The van der Waals surface area contributed by atoms with E-state index >= 15 is 0 Å². The number of hydrogen-bond donors (Lipinski definition) is 0. The molecule has 1 unspecified atom stereocenters. The largest absolute Gasteiger partial charge is 0.0654 e. The van der Waals surface area contributed by atoms with Crippen LogP contribution in [0.4, 0.5) is 0 Å². The Bertz CT molecular complexity index is 122. The van der Waals surface area contributed by atoms with Gasteiger partial charge in [0.1, 0.15) is 0 Å². The molecule has 0 heteroatoms. The van der Waals surface area contributed by atoms with Crippen molar-refractivity contribution in [1.29, 1.82) is 0 Å². The molecule has 0 aromatic rings. The van der Waals surface area contributed by atoms with Crippen LogP contribution in [0.25, 0.3) is 0 Å². The van der Waals surface area contributed by atoms with E-state index < -0.39 is 0 Å². The first kappa shape index (κ1) is 11.1. The van der Waals surface area contributed by atoms with Crippen LogP contribution in [0.3, 0.4) is 0 Å². The summed E-state index contributed by atoms with van der Waals surface area (Å²) >= 11 is 0. The molecule has 1 rings (SSSR count). The zero-order valence-electron chi connectivity index (χ0n) is 9.68. The Hall–Kier alpha value is 0. The fraction of sp³-hybridized carbons (Fsp3) is 1.00. The third kappa shape index (κ3) is 4.69. The van der Waals surface area contributed by atoms with Crippen molar-refractivity contribution in [3.05, 3.63) is 0 Å². The van der Waals surface area contributed by atoms with E-state index in [1.165, 1.54) is 44.9 Å². The SMILES string of the molecule is CCCCCC(CC1CC1)C(C)C. The maximum absolute atomic E-state index is 2.40. The molecule has 13 heavy (non-hydrogen) atoms. The molecule has 0 radical (unpaired) electrons. The Morgan fingerprint density at radius 1 is 1.15 bits per heavy atom.